The highest BCUT2D eigenvalue weighted by Crippen LogP contribution is 2.47. The van der Waals surface area contributed by atoms with Gasteiger partial charge in [0, 0.05) is 25.2 Å². The van der Waals surface area contributed by atoms with E-state index in [2.05, 4.69) is 13.8 Å². The smallest absolute Gasteiger partial charge is 0.238 e. The first-order chi connectivity index (χ1) is 11.9. The molecule has 0 radical (unpaired) electrons. The number of thioether (sulfide) groups is 1. The number of carbonyl (C=O) groups excluding carboxylic acids is 2. The molecule has 2 saturated heterocycles. The molecule has 5 nitrogen and oxygen atoms in total. The Bertz CT molecular complexity index is 637. The minimum atomic E-state index is -0.222. The summed E-state index contributed by atoms with van der Waals surface area (Å²) < 4.78 is 5.21. The third-order valence-electron chi connectivity index (χ3n) is 4.93. The van der Waals surface area contributed by atoms with Crippen LogP contribution in [0.2, 0.25) is 0 Å². The minimum Gasteiger partial charge on any atom is -0.497 e. The van der Waals surface area contributed by atoms with Crippen LogP contribution in [0.5, 0.6) is 5.75 Å². The van der Waals surface area contributed by atoms with Crippen LogP contribution in [0.1, 0.15) is 33.1 Å². The Labute approximate surface area is 153 Å². The Morgan fingerprint density at radius 2 is 1.88 bits per heavy atom. The van der Waals surface area contributed by atoms with Gasteiger partial charge in [0.05, 0.1) is 17.7 Å². The van der Waals surface area contributed by atoms with E-state index in [1.165, 1.54) is 0 Å². The summed E-state index contributed by atoms with van der Waals surface area (Å²) in [7, 11) is 1.64. The molecular formula is C19H26N2O3S. The normalized spacial score (nSPS) is 19.8. The number of benzene rings is 1. The Kier molecular flexibility index (Phi) is 5.27. The van der Waals surface area contributed by atoms with Crippen LogP contribution >= 0.6 is 11.8 Å². The highest BCUT2D eigenvalue weighted by molar-refractivity contribution is 8.02. The van der Waals surface area contributed by atoms with Crippen molar-refractivity contribution in [3.05, 3.63) is 24.3 Å². The molecule has 2 amide bonds. The summed E-state index contributed by atoms with van der Waals surface area (Å²) in [5.41, 5.74) is 0.915. The average molecular weight is 362 g/mol. The molecule has 1 aromatic rings. The number of hydrogen-bond acceptors (Lipinski definition) is 4. The van der Waals surface area contributed by atoms with Crippen molar-refractivity contribution in [2.75, 3.05) is 30.9 Å². The van der Waals surface area contributed by atoms with Gasteiger partial charge in [0.2, 0.25) is 11.8 Å². The molecule has 0 unspecified atom stereocenters. The third-order valence-corrected chi connectivity index (χ3v) is 6.45. The van der Waals surface area contributed by atoms with E-state index in [9.17, 15) is 9.59 Å². The van der Waals surface area contributed by atoms with Gasteiger partial charge in [0.1, 0.15) is 5.75 Å². The maximum atomic E-state index is 12.6. The highest BCUT2D eigenvalue weighted by atomic mass is 32.2. The monoisotopic (exact) mass is 362 g/mol. The molecule has 1 spiro atoms. The van der Waals surface area contributed by atoms with Gasteiger partial charge in [-0.3, -0.25) is 14.5 Å². The molecule has 0 aromatic heterocycles. The summed E-state index contributed by atoms with van der Waals surface area (Å²) in [6.45, 7) is 5.58. The van der Waals surface area contributed by atoms with Crippen LogP contribution in [0.4, 0.5) is 5.69 Å². The van der Waals surface area contributed by atoms with E-state index in [-0.39, 0.29) is 16.7 Å². The third kappa shape index (κ3) is 3.64. The lowest BCUT2D eigenvalue weighted by molar-refractivity contribution is -0.133. The molecule has 2 aliphatic rings. The molecular weight excluding hydrogens is 336 g/mol. The predicted octanol–water partition coefficient (Wildman–Crippen LogP) is 3.14. The Hall–Kier alpha value is -1.69. The van der Waals surface area contributed by atoms with Gasteiger partial charge in [-0.1, -0.05) is 13.8 Å². The first-order valence-electron chi connectivity index (χ1n) is 8.84. The van der Waals surface area contributed by atoms with Gasteiger partial charge in [-0.2, -0.15) is 0 Å². The molecule has 0 atom stereocenters. The maximum absolute atomic E-state index is 12.6. The highest BCUT2D eigenvalue weighted by Gasteiger charge is 2.49. The second-order valence-corrected chi connectivity index (χ2v) is 8.48. The lowest BCUT2D eigenvalue weighted by Crippen LogP contribution is -2.53. The van der Waals surface area contributed by atoms with E-state index in [0.717, 1.165) is 37.4 Å². The van der Waals surface area contributed by atoms with Crippen LogP contribution < -0.4 is 9.64 Å². The van der Waals surface area contributed by atoms with E-state index in [1.807, 2.05) is 34.1 Å². The van der Waals surface area contributed by atoms with Gasteiger partial charge >= 0.3 is 0 Å². The molecule has 1 aromatic carbocycles. The van der Waals surface area contributed by atoms with Crippen LogP contribution in [0.15, 0.2) is 24.3 Å². The summed E-state index contributed by atoms with van der Waals surface area (Å²) in [6.07, 6.45) is 2.24. The van der Waals surface area contributed by atoms with Crippen molar-refractivity contribution >= 4 is 29.3 Å². The molecule has 25 heavy (non-hydrogen) atoms. The number of likely N-dealkylation sites (tertiary alicyclic amines) is 1. The van der Waals surface area contributed by atoms with E-state index in [0.29, 0.717) is 18.1 Å². The van der Waals surface area contributed by atoms with Gasteiger partial charge in [-0.15, -0.1) is 11.8 Å². The quantitative estimate of drug-likeness (QED) is 0.826. The van der Waals surface area contributed by atoms with Crippen molar-refractivity contribution < 1.29 is 14.3 Å². The van der Waals surface area contributed by atoms with Crippen LogP contribution in [0.3, 0.4) is 0 Å². The SMILES string of the molecule is COc1ccc(N2C(=O)CSC23CCN(C(=O)CC(C)C)CC3)cc1. The molecule has 0 N–H and O–H groups in total. The predicted molar refractivity (Wildman–Crippen MR) is 101 cm³/mol. The van der Waals surface area contributed by atoms with Gasteiger partial charge in [-0.05, 0) is 43.0 Å². The number of hydrogen-bond donors (Lipinski definition) is 0. The average Bonchev–Trinajstić information content (AvgIpc) is 2.91. The number of ether oxygens (including phenoxy) is 1. The van der Waals surface area contributed by atoms with Crippen molar-refractivity contribution in [2.45, 2.75) is 38.0 Å². The molecule has 136 valence electrons. The van der Waals surface area contributed by atoms with Gasteiger partial charge in [0.15, 0.2) is 0 Å². The summed E-state index contributed by atoms with van der Waals surface area (Å²) in [4.78, 5) is 28.6. The summed E-state index contributed by atoms with van der Waals surface area (Å²) in [5, 5.41) is 0. The zero-order valence-electron chi connectivity index (χ0n) is 15.2. The first kappa shape index (κ1) is 18.1. The summed E-state index contributed by atoms with van der Waals surface area (Å²) in [5.74, 6) is 2.05. The van der Waals surface area contributed by atoms with E-state index < -0.39 is 0 Å². The molecule has 0 bridgehead atoms. The summed E-state index contributed by atoms with van der Waals surface area (Å²) >= 11 is 1.72. The number of rotatable bonds is 4. The van der Waals surface area contributed by atoms with Crippen LogP contribution in [-0.2, 0) is 9.59 Å². The molecule has 2 heterocycles. The topological polar surface area (TPSA) is 49.9 Å². The minimum absolute atomic E-state index is 0.150. The molecule has 3 rings (SSSR count). The van der Waals surface area contributed by atoms with Crippen molar-refractivity contribution in [1.82, 2.24) is 4.90 Å². The van der Waals surface area contributed by atoms with Crippen LogP contribution in [0, 0.1) is 5.92 Å². The first-order valence-corrected chi connectivity index (χ1v) is 9.82. The fourth-order valence-electron chi connectivity index (χ4n) is 3.61. The fraction of sp³-hybridized carbons (Fsp3) is 0.579. The molecule has 2 aliphatic heterocycles. The standard InChI is InChI=1S/C19H26N2O3S/c1-14(2)12-17(22)20-10-8-19(9-11-20)21(18(23)13-25-19)15-4-6-16(24-3)7-5-15/h4-7,14H,8-13H2,1-3H3. The van der Waals surface area contributed by atoms with Crippen LogP contribution in [-0.4, -0.2) is 47.5 Å². The Morgan fingerprint density at radius 1 is 1.24 bits per heavy atom. The lowest BCUT2D eigenvalue weighted by Gasteiger charge is -2.44. The van der Waals surface area contributed by atoms with Gasteiger partial charge in [-0.25, -0.2) is 0 Å². The maximum Gasteiger partial charge on any atom is 0.238 e. The molecule has 0 saturated carbocycles. The molecule has 2 fully saturated rings. The van der Waals surface area contributed by atoms with Crippen molar-refractivity contribution in [2.24, 2.45) is 5.92 Å². The fourth-order valence-corrected chi connectivity index (χ4v) is 4.94. The number of methoxy groups -OCH3 is 1. The van der Waals surface area contributed by atoms with E-state index >= 15 is 0 Å². The lowest BCUT2D eigenvalue weighted by atomic mass is 10.00. The van der Waals surface area contributed by atoms with Crippen molar-refractivity contribution in [1.29, 1.82) is 0 Å². The van der Waals surface area contributed by atoms with Gasteiger partial charge < -0.3 is 9.64 Å². The van der Waals surface area contributed by atoms with Crippen molar-refractivity contribution in [3.63, 3.8) is 0 Å². The number of anilines is 1. The number of nitrogens with zero attached hydrogens (tertiary/aromatic N) is 2. The van der Waals surface area contributed by atoms with Crippen molar-refractivity contribution in [3.8, 4) is 5.75 Å². The largest absolute Gasteiger partial charge is 0.497 e. The molecule has 6 heteroatoms. The van der Waals surface area contributed by atoms with Crippen LogP contribution in [0.25, 0.3) is 0 Å². The second-order valence-electron chi connectivity index (χ2n) is 7.14. The number of amides is 2. The summed E-state index contributed by atoms with van der Waals surface area (Å²) in [6, 6.07) is 7.67. The molecule has 0 aliphatic carbocycles. The zero-order valence-corrected chi connectivity index (χ0v) is 16.0. The van der Waals surface area contributed by atoms with E-state index in [4.69, 9.17) is 4.74 Å². The van der Waals surface area contributed by atoms with E-state index in [1.54, 1.807) is 18.9 Å². The zero-order chi connectivity index (χ0) is 18.0. The Morgan fingerprint density at radius 3 is 2.44 bits per heavy atom. The second kappa shape index (κ2) is 7.28. The Balaban J connectivity index is 1.74. The van der Waals surface area contributed by atoms with Gasteiger partial charge in [0.25, 0.3) is 0 Å². The number of carbonyl (C=O) groups is 2. The number of piperidine rings is 1.